The maximum atomic E-state index is 13.2. The molecular weight excluding hydrogens is 477 g/mol. The minimum absolute atomic E-state index is 0.00985. The Bertz CT molecular complexity index is 1330. The normalized spacial score (nSPS) is 15.9. The lowest BCUT2D eigenvalue weighted by Gasteiger charge is -2.24. The summed E-state index contributed by atoms with van der Waals surface area (Å²) in [4.78, 5) is 12.7. The number of rotatable bonds is 4. The lowest BCUT2D eigenvalue weighted by molar-refractivity contribution is -0.137. The van der Waals surface area contributed by atoms with Crippen LogP contribution in [0.1, 0.15) is 28.4 Å². The van der Waals surface area contributed by atoms with Gasteiger partial charge in [0.05, 0.1) is 16.1 Å². The van der Waals surface area contributed by atoms with Crippen molar-refractivity contribution in [2.75, 3.05) is 9.62 Å². The maximum absolute atomic E-state index is 13.2. The molecule has 3 aromatic rings. The van der Waals surface area contributed by atoms with E-state index in [1.54, 1.807) is 13.0 Å². The molecule has 0 aromatic heterocycles. The van der Waals surface area contributed by atoms with Crippen molar-refractivity contribution in [2.24, 2.45) is 0 Å². The Balaban J connectivity index is 1.60. The van der Waals surface area contributed by atoms with Crippen LogP contribution in [0.5, 0.6) is 0 Å². The third kappa shape index (κ3) is 4.56. The van der Waals surface area contributed by atoms with E-state index >= 15 is 0 Å². The van der Waals surface area contributed by atoms with Crippen LogP contribution in [-0.4, -0.2) is 20.4 Å². The smallest absolute Gasteiger partial charge is 0.322 e. The van der Waals surface area contributed by atoms with E-state index in [4.69, 9.17) is 11.6 Å². The molecule has 33 heavy (non-hydrogen) atoms. The molecule has 0 saturated carbocycles. The van der Waals surface area contributed by atoms with Crippen LogP contribution in [0, 0.1) is 0 Å². The summed E-state index contributed by atoms with van der Waals surface area (Å²) >= 11 is 5.87. The SMILES string of the molecule is C[C@H]1Cc2cc(C(=O)Nc3cccc(C(F)(F)F)c3)ccc2N1S(=O)(=O)c1ccc(Cl)cc1. The Kier molecular flexibility index (Phi) is 5.88. The molecular formula is C23H18ClF3N2O3S. The summed E-state index contributed by atoms with van der Waals surface area (Å²) in [6, 6.07) is 14.4. The average Bonchev–Trinajstić information content (AvgIpc) is 3.09. The van der Waals surface area contributed by atoms with Crippen molar-refractivity contribution in [1.82, 2.24) is 0 Å². The van der Waals surface area contributed by atoms with Gasteiger partial charge < -0.3 is 5.32 Å². The summed E-state index contributed by atoms with van der Waals surface area (Å²) in [5.41, 5.74) is 0.454. The first-order valence-electron chi connectivity index (χ1n) is 9.88. The van der Waals surface area contributed by atoms with Crippen LogP contribution in [0.3, 0.4) is 0 Å². The number of anilines is 2. The number of hydrogen-bond donors (Lipinski definition) is 1. The Hall–Kier alpha value is -3.04. The number of benzene rings is 3. The van der Waals surface area contributed by atoms with Gasteiger partial charge in [-0.05, 0) is 79.6 Å². The van der Waals surface area contributed by atoms with Crippen LogP contribution in [0.15, 0.2) is 71.6 Å². The molecule has 0 aliphatic carbocycles. The van der Waals surface area contributed by atoms with Crippen LogP contribution < -0.4 is 9.62 Å². The lowest BCUT2D eigenvalue weighted by atomic mass is 10.1. The number of nitrogens with one attached hydrogen (secondary N) is 1. The Morgan fingerprint density at radius 2 is 1.76 bits per heavy atom. The lowest BCUT2D eigenvalue weighted by Crippen LogP contribution is -2.35. The highest BCUT2D eigenvalue weighted by molar-refractivity contribution is 7.92. The summed E-state index contributed by atoms with van der Waals surface area (Å²) in [5.74, 6) is -0.594. The maximum Gasteiger partial charge on any atom is 0.416 e. The molecule has 1 heterocycles. The Labute approximate surface area is 193 Å². The molecule has 1 atom stereocenters. The fraction of sp³-hybridized carbons (Fsp3) is 0.174. The highest BCUT2D eigenvalue weighted by Crippen LogP contribution is 2.37. The topological polar surface area (TPSA) is 66.5 Å². The first-order chi connectivity index (χ1) is 15.5. The largest absolute Gasteiger partial charge is 0.416 e. The second kappa shape index (κ2) is 8.39. The fourth-order valence-electron chi connectivity index (χ4n) is 3.81. The second-order valence-corrected chi connectivity index (χ2v) is 9.94. The zero-order valence-electron chi connectivity index (χ0n) is 17.2. The summed E-state index contributed by atoms with van der Waals surface area (Å²) in [6.45, 7) is 1.76. The molecule has 5 nitrogen and oxygen atoms in total. The number of halogens is 4. The summed E-state index contributed by atoms with van der Waals surface area (Å²) in [5, 5.41) is 2.88. The third-order valence-corrected chi connectivity index (χ3v) is 7.51. The minimum atomic E-state index is -4.52. The molecule has 1 amide bonds. The number of carbonyl (C=O) groups is 1. The van der Waals surface area contributed by atoms with E-state index < -0.39 is 27.7 Å². The van der Waals surface area contributed by atoms with Crippen molar-refractivity contribution in [3.8, 4) is 0 Å². The molecule has 1 aliphatic rings. The zero-order chi connectivity index (χ0) is 24.0. The van der Waals surface area contributed by atoms with Gasteiger partial charge in [-0.3, -0.25) is 9.10 Å². The van der Waals surface area contributed by atoms with Crippen molar-refractivity contribution >= 4 is 38.9 Å². The number of sulfonamides is 1. The zero-order valence-corrected chi connectivity index (χ0v) is 18.8. The van der Waals surface area contributed by atoms with Gasteiger partial charge in [-0.2, -0.15) is 13.2 Å². The van der Waals surface area contributed by atoms with Crippen LogP contribution in [-0.2, 0) is 22.6 Å². The van der Waals surface area contributed by atoms with E-state index in [0.29, 0.717) is 22.7 Å². The molecule has 1 aliphatic heterocycles. The Morgan fingerprint density at radius 1 is 1.06 bits per heavy atom. The van der Waals surface area contributed by atoms with Gasteiger partial charge in [0.1, 0.15) is 0 Å². The first-order valence-corrected chi connectivity index (χ1v) is 11.7. The van der Waals surface area contributed by atoms with E-state index in [1.807, 2.05) is 0 Å². The number of fused-ring (bicyclic) bond motifs is 1. The molecule has 4 rings (SSSR count). The standard InChI is InChI=1S/C23H18ClF3N2O3S/c1-14-11-16-12-15(22(30)28-19-4-2-3-17(13-19)23(25,26)27)5-10-21(16)29(14)33(31,32)20-8-6-18(24)7-9-20/h2-10,12-14H,11H2,1H3,(H,28,30)/t14-/m0/s1. The molecule has 1 N–H and O–H groups in total. The molecule has 0 radical (unpaired) electrons. The summed E-state index contributed by atoms with van der Waals surface area (Å²) in [6.07, 6.45) is -4.14. The van der Waals surface area contributed by atoms with Gasteiger partial charge in [0, 0.05) is 22.3 Å². The van der Waals surface area contributed by atoms with Crippen molar-refractivity contribution in [2.45, 2.75) is 30.5 Å². The van der Waals surface area contributed by atoms with E-state index in [0.717, 1.165) is 12.1 Å². The minimum Gasteiger partial charge on any atom is -0.322 e. The number of hydrogen-bond acceptors (Lipinski definition) is 3. The van der Waals surface area contributed by atoms with E-state index in [-0.39, 0.29) is 22.2 Å². The van der Waals surface area contributed by atoms with Gasteiger partial charge in [0.25, 0.3) is 15.9 Å². The van der Waals surface area contributed by atoms with Gasteiger partial charge in [-0.1, -0.05) is 17.7 Å². The quantitative estimate of drug-likeness (QED) is 0.502. The van der Waals surface area contributed by atoms with Gasteiger partial charge in [0.2, 0.25) is 0 Å². The van der Waals surface area contributed by atoms with Crippen molar-refractivity contribution < 1.29 is 26.4 Å². The molecule has 0 unspecified atom stereocenters. The van der Waals surface area contributed by atoms with Gasteiger partial charge >= 0.3 is 6.18 Å². The predicted octanol–water partition coefficient (Wildman–Crippen LogP) is 5.75. The molecule has 172 valence electrons. The predicted molar refractivity (Wildman–Crippen MR) is 120 cm³/mol. The molecule has 3 aromatic carbocycles. The van der Waals surface area contributed by atoms with E-state index in [9.17, 15) is 26.4 Å². The van der Waals surface area contributed by atoms with Gasteiger partial charge in [-0.15, -0.1) is 0 Å². The summed E-state index contributed by atoms with van der Waals surface area (Å²) in [7, 11) is -3.85. The molecule has 10 heteroatoms. The van der Waals surface area contributed by atoms with Crippen LogP contribution in [0.4, 0.5) is 24.5 Å². The second-order valence-electron chi connectivity index (χ2n) is 7.68. The highest BCUT2D eigenvalue weighted by atomic mass is 35.5. The monoisotopic (exact) mass is 494 g/mol. The van der Waals surface area contributed by atoms with Crippen LogP contribution >= 0.6 is 11.6 Å². The number of alkyl halides is 3. The number of nitrogens with zero attached hydrogens (tertiary/aromatic N) is 1. The van der Waals surface area contributed by atoms with E-state index in [1.165, 1.54) is 52.8 Å². The average molecular weight is 495 g/mol. The van der Waals surface area contributed by atoms with Gasteiger partial charge in [-0.25, -0.2) is 8.42 Å². The Morgan fingerprint density at radius 3 is 2.42 bits per heavy atom. The van der Waals surface area contributed by atoms with Gasteiger partial charge in [0.15, 0.2) is 0 Å². The third-order valence-electron chi connectivity index (χ3n) is 5.31. The van der Waals surface area contributed by atoms with Crippen LogP contribution in [0.25, 0.3) is 0 Å². The van der Waals surface area contributed by atoms with E-state index in [2.05, 4.69) is 5.32 Å². The van der Waals surface area contributed by atoms with Crippen LogP contribution in [0.2, 0.25) is 5.02 Å². The van der Waals surface area contributed by atoms with Crippen molar-refractivity contribution in [1.29, 1.82) is 0 Å². The molecule has 0 fully saturated rings. The molecule has 0 bridgehead atoms. The molecule has 0 spiro atoms. The first kappa shape index (κ1) is 23.1. The fourth-order valence-corrected chi connectivity index (χ4v) is 5.63. The number of amides is 1. The van der Waals surface area contributed by atoms with Crippen molar-refractivity contribution in [3.05, 3.63) is 88.4 Å². The summed E-state index contributed by atoms with van der Waals surface area (Å²) < 4.78 is 66.5. The molecule has 0 saturated heterocycles. The highest BCUT2D eigenvalue weighted by Gasteiger charge is 2.36. The number of carbonyl (C=O) groups excluding carboxylic acids is 1. The van der Waals surface area contributed by atoms with Crippen molar-refractivity contribution in [3.63, 3.8) is 0 Å².